The topological polar surface area (TPSA) is 74.6 Å². The van der Waals surface area contributed by atoms with E-state index in [0.717, 1.165) is 24.8 Å². The van der Waals surface area contributed by atoms with E-state index in [-0.39, 0.29) is 45.4 Å². The summed E-state index contributed by atoms with van der Waals surface area (Å²) in [7, 11) is 0. The zero-order valence-corrected chi connectivity index (χ0v) is 18.2. The Kier molecular flexibility index (Phi) is 6.97. The fourth-order valence-corrected chi connectivity index (χ4v) is 4.44. The van der Waals surface area contributed by atoms with Crippen molar-refractivity contribution < 1.29 is 19.8 Å². The predicted octanol–water partition coefficient (Wildman–Crippen LogP) is 5.78. The molecule has 0 spiro atoms. The Bertz CT molecular complexity index is 812. The van der Waals surface area contributed by atoms with Crippen LogP contribution < -0.4 is 0 Å². The Hall–Kier alpha value is -1.81. The van der Waals surface area contributed by atoms with Gasteiger partial charge in [-0.1, -0.05) is 44.0 Å². The van der Waals surface area contributed by atoms with Gasteiger partial charge in [0.2, 0.25) is 0 Å². The molecular formula is C23H31ClO4. The maximum Gasteiger partial charge on any atom is 0.154 e. The van der Waals surface area contributed by atoms with Gasteiger partial charge in [-0.05, 0) is 56.4 Å². The van der Waals surface area contributed by atoms with E-state index in [2.05, 4.69) is 13.8 Å². The molecule has 0 aliphatic heterocycles. The zero-order valence-electron chi connectivity index (χ0n) is 17.4. The van der Waals surface area contributed by atoms with Crippen LogP contribution in [-0.4, -0.2) is 22.3 Å². The van der Waals surface area contributed by atoms with Crippen molar-refractivity contribution in [3.63, 3.8) is 0 Å². The lowest BCUT2D eigenvalue weighted by molar-refractivity contribution is -0.132. The lowest BCUT2D eigenvalue weighted by Gasteiger charge is -2.44. The largest absolute Gasteiger partial charge is 0.507 e. The molecule has 1 aliphatic rings. The Morgan fingerprint density at radius 3 is 2.54 bits per heavy atom. The number of ketones is 1. The number of phenols is 2. The first-order valence-corrected chi connectivity index (χ1v) is 10.3. The van der Waals surface area contributed by atoms with E-state index in [1.807, 2.05) is 19.9 Å². The first kappa shape index (κ1) is 22.5. The summed E-state index contributed by atoms with van der Waals surface area (Å²) in [6.45, 7) is 10.1. The van der Waals surface area contributed by atoms with Crippen molar-refractivity contribution in [2.75, 3.05) is 0 Å². The van der Waals surface area contributed by atoms with Crippen LogP contribution in [0.3, 0.4) is 0 Å². The Labute approximate surface area is 172 Å². The quantitative estimate of drug-likeness (QED) is 0.463. The smallest absolute Gasteiger partial charge is 0.154 e. The van der Waals surface area contributed by atoms with Crippen LogP contribution in [0.1, 0.15) is 74.9 Å². The Balaban J connectivity index is 2.17. The number of aldehydes is 1. The highest BCUT2D eigenvalue weighted by Crippen LogP contribution is 2.47. The van der Waals surface area contributed by atoms with Crippen LogP contribution in [0.25, 0.3) is 0 Å². The molecule has 2 N–H and O–H groups in total. The molecule has 3 unspecified atom stereocenters. The minimum absolute atomic E-state index is 0.0213. The van der Waals surface area contributed by atoms with Crippen molar-refractivity contribution in [1.82, 2.24) is 0 Å². The van der Waals surface area contributed by atoms with Gasteiger partial charge >= 0.3 is 0 Å². The molecule has 1 aliphatic carbocycles. The molecule has 1 aromatic carbocycles. The third-order valence-corrected chi connectivity index (χ3v) is 7.48. The summed E-state index contributed by atoms with van der Waals surface area (Å²) in [5.74, 6) is 0.507. The van der Waals surface area contributed by atoms with Crippen LogP contribution in [-0.2, 0) is 11.2 Å². The number of allylic oxidation sites excluding steroid dienone is 2. The van der Waals surface area contributed by atoms with Gasteiger partial charge in [0, 0.05) is 17.9 Å². The summed E-state index contributed by atoms with van der Waals surface area (Å²) in [6.07, 6.45) is 6.15. The second kappa shape index (κ2) is 8.69. The van der Waals surface area contributed by atoms with Gasteiger partial charge in [-0.15, -0.1) is 0 Å². The number of halogens is 1. The van der Waals surface area contributed by atoms with Crippen molar-refractivity contribution in [1.29, 1.82) is 0 Å². The molecule has 28 heavy (non-hydrogen) atoms. The van der Waals surface area contributed by atoms with E-state index in [0.29, 0.717) is 30.0 Å². The van der Waals surface area contributed by atoms with Gasteiger partial charge in [-0.25, -0.2) is 0 Å². The summed E-state index contributed by atoms with van der Waals surface area (Å²) in [5, 5.41) is 20.7. The molecule has 0 bridgehead atoms. The number of benzene rings is 1. The summed E-state index contributed by atoms with van der Waals surface area (Å²) < 4.78 is 0. The minimum atomic E-state index is -0.217. The monoisotopic (exact) mass is 406 g/mol. The van der Waals surface area contributed by atoms with Crippen molar-refractivity contribution in [2.45, 2.75) is 66.7 Å². The molecule has 1 fully saturated rings. The van der Waals surface area contributed by atoms with E-state index < -0.39 is 0 Å². The van der Waals surface area contributed by atoms with Crippen molar-refractivity contribution in [2.24, 2.45) is 17.3 Å². The maximum absolute atomic E-state index is 12.2. The molecule has 5 heteroatoms. The molecule has 4 nitrogen and oxygen atoms in total. The van der Waals surface area contributed by atoms with Gasteiger partial charge < -0.3 is 10.2 Å². The number of hydrogen-bond acceptors (Lipinski definition) is 4. The van der Waals surface area contributed by atoms with Gasteiger partial charge in [-0.2, -0.15) is 0 Å². The normalized spacial score (nSPS) is 25.8. The van der Waals surface area contributed by atoms with Crippen molar-refractivity contribution in [3.05, 3.63) is 33.4 Å². The first-order chi connectivity index (χ1) is 13.0. The van der Waals surface area contributed by atoms with Gasteiger partial charge in [0.15, 0.2) is 6.29 Å². The lowest BCUT2D eigenvalue weighted by Crippen LogP contribution is -2.41. The fraction of sp³-hybridized carbons (Fsp3) is 0.565. The summed E-state index contributed by atoms with van der Waals surface area (Å²) in [5.41, 5.74) is 1.83. The molecule has 0 saturated heterocycles. The number of carbonyl (C=O) groups excluding carboxylic acids is 2. The van der Waals surface area contributed by atoms with Crippen LogP contribution >= 0.6 is 11.6 Å². The third-order valence-electron chi connectivity index (χ3n) is 7.02. The minimum Gasteiger partial charge on any atom is -0.507 e. The Morgan fingerprint density at radius 2 is 1.93 bits per heavy atom. The number of rotatable bonds is 6. The SMILES string of the molecule is CC(=CCc1c(O)c(Cl)c(C)c(C=O)c1O)CCC1(C)C(C)CCC(=O)C1C. The van der Waals surface area contributed by atoms with E-state index >= 15 is 0 Å². The molecule has 0 heterocycles. The van der Waals surface area contributed by atoms with E-state index in [9.17, 15) is 19.8 Å². The standard InChI is InChI=1S/C23H31ClO4/c1-13(10-11-23(5)14(2)7-9-19(26)16(23)4)6-8-17-21(27)18(12-25)15(3)20(24)22(17)28/h6,12,14,16,27-28H,7-11H2,1-5H3. The highest BCUT2D eigenvalue weighted by atomic mass is 35.5. The van der Waals surface area contributed by atoms with E-state index in [1.165, 1.54) is 0 Å². The number of aromatic hydroxyl groups is 2. The molecule has 0 amide bonds. The zero-order chi connectivity index (χ0) is 21.2. The van der Waals surface area contributed by atoms with E-state index in [1.54, 1.807) is 6.92 Å². The highest BCUT2D eigenvalue weighted by molar-refractivity contribution is 6.33. The molecule has 3 atom stereocenters. The third kappa shape index (κ3) is 4.12. The first-order valence-electron chi connectivity index (χ1n) is 9.90. The number of hydrogen-bond donors (Lipinski definition) is 2. The molecule has 0 radical (unpaired) electrons. The van der Waals surface area contributed by atoms with Crippen LogP contribution in [0.15, 0.2) is 11.6 Å². The second-order valence-corrected chi connectivity index (χ2v) is 8.91. The maximum atomic E-state index is 12.2. The van der Waals surface area contributed by atoms with E-state index in [4.69, 9.17) is 11.6 Å². The second-order valence-electron chi connectivity index (χ2n) is 8.53. The molecule has 1 aromatic rings. The summed E-state index contributed by atoms with van der Waals surface area (Å²) in [6, 6.07) is 0. The number of phenolic OH excluding ortho intramolecular Hbond substituents is 2. The fourth-order valence-electron chi connectivity index (χ4n) is 4.23. The van der Waals surface area contributed by atoms with Crippen LogP contribution in [0.2, 0.25) is 5.02 Å². The average Bonchev–Trinajstić information content (AvgIpc) is 2.66. The summed E-state index contributed by atoms with van der Waals surface area (Å²) >= 11 is 6.11. The molecule has 1 saturated carbocycles. The van der Waals surface area contributed by atoms with Crippen LogP contribution in [0.4, 0.5) is 0 Å². The molecule has 0 aromatic heterocycles. The van der Waals surface area contributed by atoms with Crippen LogP contribution in [0.5, 0.6) is 11.5 Å². The number of Topliss-reactive ketones (excluding diaryl/α,β-unsaturated/α-hetero) is 1. The van der Waals surface area contributed by atoms with Gasteiger partial charge in [0.25, 0.3) is 0 Å². The molecular weight excluding hydrogens is 376 g/mol. The highest BCUT2D eigenvalue weighted by Gasteiger charge is 2.42. The lowest BCUT2D eigenvalue weighted by atomic mass is 9.59. The molecule has 154 valence electrons. The molecule has 2 rings (SSSR count). The predicted molar refractivity (Wildman–Crippen MR) is 112 cm³/mol. The Morgan fingerprint density at radius 1 is 1.29 bits per heavy atom. The average molecular weight is 407 g/mol. The van der Waals surface area contributed by atoms with Gasteiger partial charge in [0.1, 0.15) is 17.3 Å². The van der Waals surface area contributed by atoms with Crippen molar-refractivity contribution in [3.8, 4) is 11.5 Å². The number of carbonyl (C=O) groups is 2. The van der Waals surface area contributed by atoms with Gasteiger partial charge in [0.05, 0.1) is 10.6 Å². The van der Waals surface area contributed by atoms with Gasteiger partial charge in [-0.3, -0.25) is 9.59 Å². The summed E-state index contributed by atoms with van der Waals surface area (Å²) in [4.78, 5) is 23.5. The van der Waals surface area contributed by atoms with Crippen LogP contribution in [0, 0.1) is 24.2 Å². The van der Waals surface area contributed by atoms with Crippen molar-refractivity contribution >= 4 is 23.7 Å².